The molecule has 0 aliphatic rings. The molecule has 0 aliphatic heterocycles. The van der Waals surface area contributed by atoms with Gasteiger partial charge in [-0.3, -0.25) is 14.4 Å². The van der Waals surface area contributed by atoms with Crippen molar-refractivity contribution in [3.63, 3.8) is 0 Å². The van der Waals surface area contributed by atoms with E-state index in [9.17, 15) is 14.4 Å². The second-order valence-electron chi connectivity index (χ2n) is 4.92. The molecule has 0 rings (SSSR count). The molecule has 0 aromatic rings. The monoisotopic (exact) mass is 271 g/mol. The standard InChI is InChI=1S/C13H25N3O3/c1-9(2)13(19)16(5)11(8-10(3)17)12(18)15-7-6-14-4/h9,11,14H,6-8H2,1-5H3,(H,15,18)/t11-/m0/s1. The molecule has 0 bridgehead atoms. The van der Waals surface area contributed by atoms with Crippen LogP contribution in [0.5, 0.6) is 0 Å². The molecule has 6 heteroatoms. The van der Waals surface area contributed by atoms with Crippen molar-refractivity contribution in [2.75, 3.05) is 27.2 Å². The van der Waals surface area contributed by atoms with Gasteiger partial charge in [-0.25, -0.2) is 0 Å². The van der Waals surface area contributed by atoms with Crippen LogP contribution in [0, 0.1) is 5.92 Å². The van der Waals surface area contributed by atoms with Gasteiger partial charge in [-0.1, -0.05) is 13.8 Å². The van der Waals surface area contributed by atoms with Crippen molar-refractivity contribution in [3.05, 3.63) is 0 Å². The molecule has 0 fully saturated rings. The van der Waals surface area contributed by atoms with E-state index in [0.29, 0.717) is 13.1 Å². The van der Waals surface area contributed by atoms with E-state index in [4.69, 9.17) is 0 Å². The maximum atomic E-state index is 12.0. The Morgan fingerprint density at radius 1 is 1.16 bits per heavy atom. The average molecular weight is 271 g/mol. The van der Waals surface area contributed by atoms with E-state index in [-0.39, 0.29) is 29.9 Å². The number of carbonyl (C=O) groups excluding carboxylic acids is 3. The Hall–Kier alpha value is -1.43. The van der Waals surface area contributed by atoms with Gasteiger partial charge in [0.1, 0.15) is 11.8 Å². The zero-order chi connectivity index (χ0) is 15.0. The summed E-state index contributed by atoms with van der Waals surface area (Å²) in [5, 5.41) is 5.63. The first kappa shape index (κ1) is 17.6. The quantitative estimate of drug-likeness (QED) is 0.599. The van der Waals surface area contributed by atoms with Crippen LogP contribution in [0.2, 0.25) is 0 Å². The minimum absolute atomic E-state index is 0.0420. The van der Waals surface area contributed by atoms with Crippen LogP contribution in [0.3, 0.4) is 0 Å². The Kier molecular flexibility index (Phi) is 7.98. The van der Waals surface area contributed by atoms with E-state index >= 15 is 0 Å². The number of rotatable bonds is 8. The third-order valence-corrected chi connectivity index (χ3v) is 2.77. The lowest BCUT2D eigenvalue weighted by atomic mass is 10.1. The molecule has 6 nitrogen and oxygen atoms in total. The maximum absolute atomic E-state index is 12.0. The third-order valence-electron chi connectivity index (χ3n) is 2.77. The van der Waals surface area contributed by atoms with E-state index < -0.39 is 6.04 Å². The number of Topliss-reactive ketones (excluding diaryl/α,β-unsaturated/α-hetero) is 1. The number of carbonyl (C=O) groups is 3. The summed E-state index contributed by atoms with van der Waals surface area (Å²) in [7, 11) is 3.35. The molecule has 0 heterocycles. The minimum atomic E-state index is -0.732. The lowest BCUT2D eigenvalue weighted by Gasteiger charge is -2.28. The van der Waals surface area contributed by atoms with E-state index in [2.05, 4.69) is 10.6 Å². The van der Waals surface area contributed by atoms with Crippen LogP contribution < -0.4 is 10.6 Å². The van der Waals surface area contributed by atoms with Gasteiger partial charge in [0.25, 0.3) is 0 Å². The molecular formula is C13H25N3O3. The van der Waals surface area contributed by atoms with Crippen LogP contribution in [0.4, 0.5) is 0 Å². The molecule has 0 saturated carbocycles. The highest BCUT2D eigenvalue weighted by Crippen LogP contribution is 2.08. The Morgan fingerprint density at radius 2 is 1.74 bits per heavy atom. The number of likely N-dealkylation sites (N-methyl/N-ethyl adjacent to an activating group) is 2. The van der Waals surface area contributed by atoms with Crippen molar-refractivity contribution in [2.24, 2.45) is 5.92 Å². The fourth-order valence-corrected chi connectivity index (χ4v) is 1.67. The predicted octanol–water partition coefficient (Wildman–Crippen LogP) is -0.216. The van der Waals surface area contributed by atoms with Gasteiger partial charge in [0.15, 0.2) is 0 Å². The summed E-state index contributed by atoms with van der Waals surface area (Å²) >= 11 is 0. The van der Waals surface area contributed by atoms with Crippen LogP contribution in [0.25, 0.3) is 0 Å². The number of hydrogen-bond acceptors (Lipinski definition) is 4. The molecule has 0 aromatic heterocycles. The molecule has 2 amide bonds. The van der Waals surface area contributed by atoms with Crippen LogP contribution >= 0.6 is 0 Å². The van der Waals surface area contributed by atoms with Gasteiger partial charge in [0.05, 0.1) is 0 Å². The summed E-state index contributed by atoms with van der Waals surface area (Å²) in [4.78, 5) is 36.6. The largest absolute Gasteiger partial charge is 0.353 e. The van der Waals surface area contributed by atoms with Crippen LogP contribution in [-0.2, 0) is 14.4 Å². The highest BCUT2D eigenvalue weighted by Gasteiger charge is 2.28. The summed E-state index contributed by atoms with van der Waals surface area (Å²) in [6.07, 6.45) is 0.0420. The highest BCUT2D eigenvalue weighted by atomic mass is 16.2. The number of nitrogens with zero attached hydrogens (tertiary/aromatic N) is 1. The van der Waals surface area contributed by atoms with E-state index in [0.717, 1.165) is 0 Å². The van der Waals surface area contributed by atoms with Crippen molar-refractivity contribution < 1.29 is 14.4 Å². The predicted molar refractivity (Wildman–Crippen MR) is 73.6 cm³/mol. The Balaban J connectivity index is 4.74. The Labute approximate surface area is 114 Å². The molecule has 0 radical (unpaired) electrons. The number of amides is 2. The van der Waals surface area contributed by atoms with Crippen LogP contribution in [0.15, 0.2) is 0 Å². The first-order valence-electron chi connectivity index (χ1n) is 6.49. The SMILES string of the molecule is CNCCNC(=O)[C@H](CC(C)=O)N(C)C(=O)C(C)C. The number of hydrogen-bond donors (Lipinski definition) is 2. The molecule has 0 unspecified atom stereocenters. The third kappa shape index (κ3) is 6.33. The number of ketones is 1. The fraction of sp³-hybridized carbons (Fsp3) is 0.769. The number of nitrogens with one attached hydrogen (secondary N) is 2. The zero-order valence-electron chi connectivity index (χ0n) is 12.4. The lowest BCUT2D eigenvalue weighted by molar-refractivity contribution is -0.142. The van der Waals surface area contributed by atoms with E-state index in [1.165, 1.54) is 11.8 Å². The van der Waals surface area contributed by atoms with Crippen molar-refractivity contribution in [1.29, 1.82) is 0 Å². The van der Waals surface area contributed by atoms with Gasteiger partial charge in [-0.05, 0) is 14.0 Å². The molecule has 0 aliphatic carbocycles. The molecule has 0 saturated heterocycles. The fourth-order valence-electron chi connectivity index (χ4n) is 1.67. The van der Waals surface area contributed by atoms with Gasteiger partial charge >= 0.3 is 0 Å². The molecule has 0 spiro atoms. The second-order valence-corrected chi connectivity index (χ2v) is 4.92. The molecule has 19 heavy (non-hydrogen) atoms. The Bertz CT molecular complexity index is 329. The average Bonchev–Trinajstić information content (AvgIpc) is 2.33. The van der Waals surface area contributed by atoms with E-state index in [1.54, 1.807) is 27.9 Å². The highest BCUT2D eigenvalue weighted by molar-refractivity contribution is 5.92. The van der Waals surface area contributed by atoms with Crippen molar-refractivity contribution >= 4 is 17.6 Å². The molecule has 110 valence electrons. The maximum Gasteiger partial charge on any atom is 0.243 e. The smallest absolute Gasteiger partial charge is 0.243 e. The molecular weight excluding hydrogens is 246 g/mol. The topological polar surface area (TPSA) is 78.5 Å². The lowest BCUT2D eigenvalue weighted by Crippen LogP contribution is -2.50. The van der Waals surface area contributed by atoms with Crippen molar-refractivity contribution in [3.8, 4) is 0 Å². The minimum Gasteiger partial charge on any atom is -0.353 e. The van der Waals surface area contributed by atoms with Gasteiger partial charge in [-0.15, -0.1) is 0 Å². The van der Waals surface area contributed by atoms with E-state index in [1.807, 2.05) is 0 Å². The molecule has 2 N–H and O–H groups in total. The second kappa shape index (κ2) is 8.63. The zero-order valence-corrected chi connectivity index (χ0v) is 12.4. The normalized spacial score (nSPS) is 12.1. The van der Waals surface area contributed by atoms with Crippen molar-refractivity contribution in [2.45, 2.75) is 33.2 Å². The molecule has 0 aromatic carbocycles. The van der Waals surface area contributed by atoms with Gasteiger partial charge in [-0.2, -0.15) is 0 Å². The van der Waals surface area contributed by atoms with Gasteiger partial charge < -0.3 is 15.5 Å². The summed E-state index contributed by atoms with van der Waals surface area (Å²) in [6.45, 7) is 6.06. The summed E-state index contributed by atoms with van der Waals surface area (Å²) in [6, 6.07) is -0.732. The summed E-state index contributed by atoms with van der Waals surface area (Å²) in [5.74, 6) is -0.751. The van der Waals surface area contributed by atoms with Gasteiger partial charge in [0.2, 0.25) is 11.8 Å². The molecule has 1 atom stereocenters. The Morgan fingerprint density at radius 3 is 2.16 bits per heavy atom. The van der Waals surface area contributed by atoms with Crippen molar-refractivity contribution in [1.82, 2.24) is 15.5 Å². The summed E-state index contributed by atoms with van der Waals surface area (Å²) < 4.78 is 0. The van der Waals surface area contributed by atoms with Crippen LogP contribution in [0.1, 0.15) is 27.2 Å². The first-order chi connectivity index (χ1) is 8.81. The van der Waals surface area contributed by atoms with Crippen LogP contribution in [-0.4, -0.2) is 55.7 Å². The van der Waals surface area contributed by atoms with Gasteiger partial charge in [0, 0.05) is 32.5 Å². The first-order valence-corrected chi connectivity index (χ1v) is 6.49. The summed E-state index contributed by atoms with van der Waals surface area (Å²) in [5.41, 5.74) is 0.